The average Bonchev–Trinajstić information content (AvgIpc) is 3.14. The molecular formula is C27H31N3O3. The first-order chi connectivity index (χ1) is 16.0. The van der Waals surface area contributed by atoms with Crippen LogP contribution in [0.1, 0.15) is 48.0 Å². The molecule has 0 fully saturated rings. The van der Waals surface area contributed by atoms with E-state index in [2.05, 4.69) is 35.9 Å². The Balaban J connectivity index is 1.97. The zero-order valence-corrected chi connectivity index (χ0v) is 20.0. The Hall–Kier alpha value is -3.54. The van der Waals surface area contributed by atoms with Gasteiger partial charge in [-0.05, 0) is 57.2 Å². The van der Waals surface area contributed by atoms with Crippen LogP contribution >= 0.6 is 0 Å². The summed E-state index contributed by atoms with van der Waals surface area (Å²) in [5.74, 6) is 0.285. The first-order valence-corrected chi connectivity index (χ1v) is 11.4. The van der Waals surface area contributed by atoms with Gasteiger partial charge < -0.3 is 19.3 Å². The summed E-state index contributed by atoms with van der Waals surface area (Å²) in [6.45, 7) is 8.55. The molecule has 0 amide bonds. The highest BCUT2D eigenvalue weighted by atomic mass is 16.6. The topological polar surface area (TPSA) is 54.9 Å². The molecule has 2 heterocycles. The number of nitrogens with zero attached hydrogens (tertiary/aromatic N) is 3. The number of hydrogen-bond donors (Lipinski definition) is 0. The van der Waals surface area contributed by atoms with E-state index < -0.39 is 5.60 Å². The molecule has 1 atom stereocenters. The minimum Gasteiger partial charge on any atom is -0.493 e. The quantitative estimate of drug-likeness (QED) is 0.462. The molecule has 1 aliphatic heterocycles. The van der Waals surface area contributed by atoms with Crippen LogP contribution in [-0.2, 0) is 10.3 Å². The lowest BCUT2D eigenvalue weighted by atomic mass is 9.82. The van der Waals surface area contributed by atoms with Crippen molar-refractivity contribution in [1.82, 2.24) is 4.98 Å². The van der Waals surface area contributed by atoms with Crippen LogP contribution in [0.15, 0.2) is 60.8 Å². The molecule has 33 heavy (non-hydrogen) atoms. The smallest absolute Gasteiger partial charge is 0.341 e. The molecule has 0 N–H and O–H groups in total. The van der Waals surface area contributed by atoms with E-state index in [1.54, 1.807) is 18.3 Å². The van der Waals surface area contributed by atoms with Gasteiger partial charge in [-0.3, -0.25) is 4.98 Å². The van der Waals surface area contributed by atoms with Crippen LogP contribution in [0.2, 0.25) is 0 Å². The van der Waals surface area contributed by atoms with Crippen LogP contribution in [0.5, 0.6) is 5.75 Å². The van der Waals surface area contributed by atoms with Crippen molar-refractivity contribution in [2.24, 2.45) is 0 Å². The molecule has 0 aliphatic carbocycles. The highest BCUT2D eigenvalue weighted by Crippen LogP contribution is 2.49. The third kappa shape index (κ3) is 3.80. The van der Waals surface area contributed by atoms with Crippen molar-refractivity contribution < 1.29 is 14.3 Å². The van der Waals surface area contributed by atoms with Crippen molar-refractivity contribution in [3.05, 3.63) is 83.2 Å². The van der Waals surface area contributed by atoms with Gasteiger partial charge in [0.25, 0.3) is 0 Å². The molecule has 3 aromatic rings. The maximum absolute atomic E-state index is 13.0. The molecule has 0 saturated heterocycles. The average molecular weight is 446 g/mol. The molecule has 4 rings (SSSR count). The fourth-order valence-corrected chi connectivity index (χ4v) is 4.48. The maximum atomic E-state index is 13.0. The maximum Gasteiger partial charge on any atom is 0.341 e. The van der Waals surface area contributed by atoms with Gasteiger partial charge in [-0.2, -0.15) is 0 Å². The lowest BCUT2D eigenvalue weighted by Gasteiger charge is -2.32. The zero-order valence-electron chi connectivity index (χ0n) is 20.0. The van der Waals surface area contributed by atoms with E-state index in [0.29, 0.717) is 23.6 Å². The first kappa shape index (κ1) is 22.6. The summed E-state index contributed by atoms with van der Waals surface area (Å²) in [5.41, 5.74) is 3.59. The fourth-order valence-electron chi connectivity index (χ4n) is 4.48. The van der Waals surface area contributed by atoms with Crippen LogP contribution < -0.4 is 14.5 Å². The number of carbonyl (C=O) groups is 1. The van der Waals surface area contributed by atoms with E-state index in [9.17, 15) is 4.79 Å². The van der Waals surface area contributed by atoms with Crippen LogP contribution in [0.4, 0.5) is 11.4 Å². The monoisotopic (exact) mass is 445 g/mol. The second kappa shape index (κ2) is 9.14. The Bertz CT molecular complexity index is 1140. The summed E-state index contributed by atoms with van der Waals surface area (Å²) >= 11 is 0. The Morgan fingerprint density at radius 2 is 1.67 bits per heavy atom. The molecule has 0 spiro atoms. The van der Waals surface area contributed by atoms with E-state index in [4.69, 9.17) is 9.47 Å². The number of cyclic esters (lactones) is 1. The van der Waals surface area contributed by atoms with Crippen LogP contribution in [-0.4, -0.2) is 44.7 Å². The number of esters is 1. The molecule has 2 aromatic carbocycles. The highest BCUT2D eigenvalue weighted by molar-refractivity contribution is 5.95. The summed E-state index contributed by atoms with van der Waals surface area (Å²) in [7, 11) is 3.97. The molecule has 0 radical (unpaired) electrons. The summed E-state index contributed by atoms with van der Waals surface area (Å²) < 4.78 is 12.3. The van der Waals surface area contributed by atoms with E-state index >= 15 is 0 Å². The largest absolute Gasteiger partial charge is 0.493 e. The SMILES string of the molecule is CCOc1cc(N(C)C)ccc1C1(c2ccc(N(CC)CC)cc2)OC(=O)c2cccnc21. The van der Waals surface area contributed by atoms with Crippen LogP contribution in [0.25, 0.3) is 0 Å². The number of pyridine rings is 1. The number of ether oxygens (including phenoxy) is 2. The van der Waals surface area contributed by atoms with E-state index in [1.807, 2.05) is 56.3 Å². The molecule has 1 unspecified atom stereocenters. The molecule has 0 saturated carbocycles. The second-order valence-electron chi connectivity index (χ2n) is 8.20. The van der Waals surface area contributed by atoms with Crippen LogP contribution in [0.3, 0.4) is 0 Å². The Morgan fingerprint density at radius 3 is 2.30 bits per heavy atom. The molecule has 1 aliphatic rings. The Labute approximate surface area is 195 Å². The van der Waals surface area contributed by atoms with Gasteiger partial charge in [0.15, 0.2) is 0 Å². The predicted octanol–water partition coefficient (Wildman–Crippen LogP) is 4.85. The number of benzene rings is 2. The summed E-state index contributed by atoms with van der Waals surface area (Å²) in [4.78, 5) is 22.0. The number of fused-ring (bicyclic) bond motifs is 1. The van der Waals surface area contributed by atoms with Crippen molar-refractivity contribution in [2.45, 2.75) is 26.4 Å². The van der Waals surface area contributed by atoms with Crippen molar-refractivity contribution in [1.29, 1.82) is 0 Å². The van der Waals surface area contributed by atoms with Gasteiger partial charge in [-0.15, -0.1) is 0 Å². The molecular weight excluding hydrogens is 414 g/mol. The lowest BCUT2D eigenvalue weighted by Crippen LogP contribution is -2.31. The van der Waals surface area contributed by atoms with Gasteiger partial charge >= 0.3 is 5.97 Å². The van der Waals surface area contributed by atoms with Gasteiger partial charge in [0, 0.05) is 61.9 Å². The van der Waals surface area contributed by atoms with Crippen LogP contribution in [0, 0.1) is 0 Å². The molecule has 1 aromatic heterocycles. The second-order valence-corrected chi connectivity index (χ2v) is 8.20. The number of aromatic nitrogens is 1. The summed E-state index contributed by atoms with van der Waals surface area (Å²) in [6, 6.07) is 17.7. The Kier molecular flexibility index (Phi) is 6.27. The van der Waals surface area contributed by atoms with Gasteiger partial charge in [0.05, 0.1) is 12.2 Å². The number of hydrogen-bond acceptors (Lipinski definition) is 6. The van der Waals surface area contributed by atoms with E-state index in [-0.39, 0.29) is 5.97 Å². The standard InChI is InChI=1S/C27H31N3O3/c1-6-30(7-2)20-13-11-19(12-14-20)27(25-22(26(31)33-27)10-9-17-28-25)23-16-15-21(29(4)5)18-24(23)32-8-3/h9-18H,6-8H2,1-5H3. The first-order valence-electron chi connectivity index (χ1n) is 11.4. The summed E-state index contributed by atoms with van der Waals surface area (Å²) in [5, 5.41) is 0. The minimum atomic E-state index is -1.19. The van der Waals surface area contributed by atoms with Gasteiger partial charge in [-0.25, -0.2) is 4.79 Å². The molecule has 0 bridgehead atoms. The van der Waals surface area contributed by atoms with Crippen molar-refractivity contribution in [3.63, 3.8) is 0 Å². The third-order valence-corrected chi connectivity index (χ3v) is 6.17. The highest BCUT2D eigenvalue weighted by Gasteiger charge is 2.51. The van der Waals surface area contributed by atoms with Crippen molar-refractivity contribution >= 4 is 17.3 Å². The third-order valence-electron chi connectivity index (χ3n) is 6.17. The van der Waals surface area contributed by atoms with Crippen molar-refractivity contribution in [3.8, 4) is 5.75 Å². The molecule has 6 nitrogen and oxygen atoms in total. The molecule has 6 heteroatoms. The number of anilines is 2. The number of rotatable bonds is 8. The van der Waals surface area contributed by atoms with Gasteiger partial charge in [0.1, 0.15) is 11.4 Å². The van der Waals surface area contributed by atoms with Gasteiger partial charge in [0.2, 0.25) is 5.60 Å². The minimum absolute atomic E-state index is 0.384. The number of carbonyl (C=O) groups excluding carboxylic acids is 1. The fraction of sp³-hybridized carbons (Fsp3) is 0.333. The lowest BCUT2D eigenvalue weighted by molar-refractivity contribution is 0.0235. The van der Waals surface area contributed by atoms with E-state index in [0.717, 1.165) is 35.6 Å². The van der Waals surface area contributed by atoms with Gasteiger partial charge in [-0.1, -0.05) is 12.1 Å². The van der Waals surface area contributed by atoms with Crippen molar-refractivity contribution in [2.75, 3.05) is 43.6 Å². The summed E-state index contributed by atoms with van der Waals surface area (Å²) in [6.07, 6.45) is 1.70. The van der Waals surface area contributed by atoms with E-state index in [1.165, 1.54) is 0 Å². The molecule has 172 valence electrons. The predicted molar refractivity (Wildman–Crippen MR) is 131 cm³/mol. The Morgan fingerprint density at radius 1 is 0.970 bits per heavy atom. The normalized spacial score (nSPS) is 16.8. The zero-order chi connectivity index (χ0) is 23.6.